The van der Waals surface area contributed by atoms with Crippen molar-refractivity contribution in [2.45, 2.75) is 27.2 Å². The molecule has 5 nitrogen and oxygen atoms in total. The molecule has 1 heterocycles. The van der Waals surface area contributed by atoms with Gasteiger partial charge in [-0.3, -0.25) is 9.59 Å². The number of ether oxygens (including phenoxy) is 1. The van der Waals surface area contributed by atoms with Crippen LogP contribution in [0.2, 0.25) is 0 Å². The lowest BCUT2D eigenvalue weighted by atomic mass is 9.94. The summed E-state index contributed by atoms with van der Waals surface area (Å²) in [4.78, 5) is 24.9. The van der Waals surface area contributed by atoms with Gasteiger partial charge in [-0.25, -0.2) is 0 Å². The number of carboxylic acid groups (broad SMARTS) is 1. The van der Waals surface area contributed by atoms with Crippen LogP contribution in [-0.2, 0) is 14.3 Å². The van der Waals surface area contributed by atoms with Crippen molar-refractivity contribution in [2.75, 3.05) is 26.3 Å². The Bertz CT molecular complexity index is 299. The minimum absolute atomic E-state index is 0.0701. The molecule has 3 atom stereocenters. The van der Waals surface area contributed by atoms with E-state index in [9.17, 15) is 9.59 Å². The van der Waals surface area contributed by atoms with Crippen molar-refractivity contribution in [1.29, 1.82) is 0 Å². The molecule has 0 saturated carbocycles. The van der Waals surface area contributed by atoms with E-state index in [-0.39, 0.29) is 5.91 Å². The van der Waals surface area contributed by atoms with Crippen molar-refractivity contribution in [2.24, 2.45) is 17.8 Å². The summed E-state index contributed by atoms with van der Waals surface area (Å²) in [6.07, 6.45) is 0.979. The van der Waals surface area contributed by atoms with Crippen LogP contribution >= 0.6 is 0 Å². The van der Waals surface area contributed by atoms with Crippen LogP contribution in [0, 0.1) is 17.8 Å². The Balaban J connectivity index is 2.57. The van der Waals surface area contributed by atoms with Crippen molar-refractivity contribution in [3.63, 3.8) is 0 Å². The van der Waals surface area contributed by atoms with Gasteiger partial charge in [0.1, 0.15) is 0 Å². The van der Waals surface area contributed by atoms with Crippen molar-refractivity contribution >= 4 is 11.9 Å². The monoisotopic (exact) mass is 257 g/mol. The quantitative estimate of drug-likeness (QED) is 0.777. The SMILES string of the molecule is CCN(CC1CCOC1)C(=O)C(C)C(C)C(=O)O. The predicted octanol–water partition coefficient (Wildman–Crippen LogP) is 1.23. The van der Waals surface area contributed by atoms with E-state index in [2.05, 4.69) is 0 Å². The average Bonchev–Trinajstić information content (AvgIpc) is 2.85. The highest BCUT2D eigenvalue weighted by Crippen LogP contribution is 2.18. The maximum atomic E-state index is 12.2. The van der Waals surface area contributed by atoms with Crippen LogP contribution in [0.1, 0.15) is 27.2 Å². The predicted molar refractivity (Wildman–Crippen MR) is 67.1 cm³/mol. The lowest BCUT2D eigenvalue weighted by molar-refractivity contribution is -0.149. The fourth-order valence-electron chi connectivity index (χ4n) is 2.13. The molecule has 0 bridgehead atoms. The zero-order chi connectivity index (χ0) is 13.7. The van der Waals surface area contributed by atoms with Crippen LogP contribution in [-0.4, -0.2) is 48.2 Å². The third kappa shape index (κ3) is 3.70. The standard InChI is InChI=1S/C13H23NO4/c1-4-14(7-11-5-6-18-8-11)12(15)9(2)10(3)13(16)17/h9-11H,4-8H2,1-3H3,(H,16,17). The van der Waals surface area contributed by atoms with Gasteiger partial charge in [0, 0.05) is 31.5 Å². The van der Waals surface area contributed by atoms with E-state index in [1.165, 1.54) is 0 Å². The second-order valence-electron chi connectivity index (χ2n) is 5.02. The molecule has 1 N–H and O–H groups in total. The normalized spacial score (nSPS) is 22.5. The molecule has 0 aliphatic carbocycles. The third-order valence-corrected chi connectivity index (χ3v) is 3.73. The maximum Gasteiger partial charge on any atom is 0.307 e. The number of rotatable bonds is 6. The van der Waals surface area contributed by atoms with Gasteiger partial charge in [-0.1, -0.05) is 13.8 Å². The first-order chi connectivity index (χ1) is 8.47. The summed E-state index contributed by atoms with van der Waals surface area (Å²) in [6.45, 7) is 7.94. The number of carboxylic acids is 1. The molecule has 18 heavy (non-hydrogen) atoms. The maximum absolute atomic E-state index is 12.2. The first-order valence-corrected chi connectivity index (χ1v) is 6.56. The molecule has 3 unspecified atom stereocenters. The van der Waals surface area contributed by atoms with Crippen LogP contribution in [0.5, 0.6) is 0 Å². The minimum Gasteiger partial charge on any atom is -0.481 e. The van der Waals surface area contributed by atoms with Gasteiger partial charge in [0.25, 0.3) is 0 Å². The molecule has 104 valence electrons. The topological polar surface area (TPSA) is 66.8 Å². The van der Waals surface area contributed by atoms with Gasteiger partial charge in [0.05, 0.1) is 12.5 Å². The molecule has 5 heteroatoms. The van der Waals surface area contributed by atoms with Crippen molar-refractivity contribution < 1.29 is 19.4 Å². The molecule has 0 aromatic carbocycles. The molecule has 1 amide bonds. The number of hydrogen-bond donors (Lipinski definition) is 1. The summed E-state index contributed by atoms with van der Waals surface area (Å²) in [5, 5.41) is 8.95. The summed E-state index contributed by atoms with van der Waals surface area (Å²) in [5.41, 5.74) is 0. The number of carbonyl (C=O) groups is 2. The van der Waals surface area contributed by atoms with Crippen LogP contribution in [0.25, 0.3) is 0 Å². The van der Waals surface area contributed by atoms with Crippen LogP contribution in [0.4, 0.5) is 0 Å². The minimum atomic E-state index is -0.920. The molecule has 0 aromatic heterocycles. The Labute approximate surface area is 108 Å². The van der Waals surface area contributed by atoms with Crippen molar-refractivity contribution in [1.82, 2.24) is 4.90 Å². The van der Waals surface area contributed by atoms with Gasteiger partial charge in [-0.05, 0) is 13.3 Å². The molecule has 1 rings (SSSR count). The van der Waals surface area contributed by atoms with Gasteiger partial charge in [0.2, 0.25) is 5.91 Å². The highest BCUT2D eigenvalue weighted by Gasteiger charge is 2.30. The van der Waals surface area contributed by atoms with Crippen molar-refractivity contribution in [3.8, 4) is 0 Å². The molecule has 0 radical (unpaired) electrons. The smallest absolute Gasteiger partial charge is 0.307 e. The molecular formula is C13H23NO4. The van der Waals surface area contributed by atoms with Crippen molar-refractivity contribution in [3.05, 3.63) is 0 Å². The van der Waals surface area contributed by atoms with Gasteiger partial charge in [-0.15, -0.1) is 0 Å². The summed E-state index contributed by atoms with van der Waals surface area (Å²) in [7, 11) is 0. The van der Waals surface area contributed by atoms with E-state index in [4.69, 9.17) is 9.84 Å². The number of carbonyl (C=O) groups excluding carboxylic acids is 1. The highest BCUT2D eigenvalue weighted by molar-refractivity contribution is 5.84. The lowest BCUT2D eigenvalue weighted by Gasteiger charge is -2.28. The Morgan fingerprint density at radius 3 is 2.50 bits per heavy atom. The Kier molecular flexibility index (Phi) is 5.59. The molecule has 0 aromatic rings. The zero-order valence-electron chi connectivity index (χ0n) is 11.4. The van der Waals surface area contributed by atoms with Crippen LogP contribution in [0.3, 0.4) is 0 Å². The Hall–Kier alpha value is -1.10. The summed E-state index contributed by atoms with van der Waals surface area (Å²) >= 11 is 0. The zero-order valence-corrected chi connectivity index (χ0v) is 11.4. The summed E-state index contributed by atoms with van der Waals surface area (Å²) in [5.74, 6) is -1.73. The van der Waals surface area contributed by atoms with Crippen LogP contribution < -0.4 is 0 Å². The first-order valence-electron chi connectivity index (χ1n) is 6.56. The number of aliphatic carboxylic acids is 1. The Morgan fingerprint density at radius 2 is 2.06 bits per heavy atom. The van der Waals surface area contributed by atoms with Gasteiger partial charge in [0.15, 0.2) is 0 Å². The highest BCUT2D eigenvalue weighted by atomic mass is 16.5. The van der Waals surface area contributed by atoms with E-state index < -0.39 is 17.8 Å². The summed E-state index contributed by atoms with van der Waals surface area (Å²) in [6, 6.07) is 0. The van der Waals surface area contributed by atoms with Gasteiger partial charge < -0.3 is 14.7 Å². The van der Waals surface area contributed by atoms with Gasteiger partial charge in [-0.2, -0.15) is 0 Å². The molecule has 1 aliphatic heterocycles. The molecular weight excluding hydrogens is 234 g/mol. The fourth-order valence-corrected chi connectivity index (χ4v) is 2.13. The fraction of sp³-hybridized carbons (Fsp3) is 0.846. The lowest BCUT2D eigenvalue weighted by Crippen LogP contribution is -2.41. The van der Waals surface area contributed by atoms with E-state index >= 15 is 0 Å². The first kappa shape index (κ1) is 15.0. The van der Waals surface area contributed by atoms with E-state index in [0.29, 0.717) is 25.6 Å². The largest absolute Gasteiger partial charge is 0.481 e. The molecule has 0 spiro atoms. The number of amides is 1. The Morgan fingerprint density at radius 1 is 1.39 bits per heavy atom. The van der Waals surface area contributed by atoms with Crippen LogP contribution in [0.15, 0.2) is 0 Å². The number of nitrogens with zero attached hydrogens (tertiary/aromatic N) is 1. The molecule has 1 saturated heterocycles. The third-order valence-electron chi connectivity index (χ3n) is 3.73. The number of hydrogen-bond acceptors (Lipinski definition) is 3. The van der Waals surface area contributed by atoms with Gasteiger partial charge >= 0.3 is 5.97 Å². The van der Waals surface area contributed by atoms with E-state index in [1.807, 2.05) is 6.92 Å². The summed E-state index contributed by atoms with van der Waals surface area (Å²) < 4.78 is 5.30. The van der Waals surface area contributed by atoms with E-state index in [0.717, 1.165) is 13.0 Å². The second-order valence-corrected chi connectivity index (χ2v) is 5.02. The van der Waals surface area contributed by atoms with E-state index in [1.54, 1.807) is 18.7 Å². The second kappa shape index (κ2) is 6.73. The molecule has 1 aliphatic rings. The molecule has 1 fully saturated rings. The average molecular weight is 257 g/mol.